The summed E-state index contributed by atoms with van der Waals surface area (Å²) in [6.45, 7) is 1.65. The fourth-order valence-electron chi connectivity index (χ4n) is 4.88. The molecule has 1 amide bonds. The molecule has 1 aromatic carbocycles. The number of nitrogens with zero attached hydrogens (tertiary/aromatic N) is 2. The number of aromatic nitrogens is 1. The topological polar surface area (TPSA) is 117 Å². The molecule has 2 heterocycles. The normalized spacial score (nSPS) is 25.8. The minimum atomic E-state index is -3.70. The summed E-state index contributed by atoms with van der Waals surface area (Å²) in [5.74, 6) is 0.870. The molecule has 3 aliphatic rings. The molecule has 1 aliphatic heterocycles. The fraction of sp³-hybridized carbons (Fsp3) is 0.520. The van der Waals surface area contributed by atoms with Gasteiger partial charge in [-0.15, -0.1) is 0 Å². The minimum absolute atomic E-state index is 0.159. The van der Waals surface area contributed by atoms with E-state index < -0.39 is 10.2 Å². The molecule has 2 aliphatic carbocycles. The summed E-state index contributed by atoms with van der Waals surface area (Å²) in [5.41, 5.74) is 1.39. The Hall–Kier alpha value is -2.53. The predicted molar refractivity (Wildman–Crippen MR) is 132 cm³/mol. The molecule has 2 aromatic rings. The predicted octanol–water partition coefficient (Wildman–Crippen LogP) is 2.11. The monoisotopic (exact) mass is 499 g/mol. The van der Waals surface area contributed by atoms with E-state index in [0.29, 0.717) is 51.2 Å². The molecule has 0 bridgehead atoms. The van der Waals surface area contributed by atoms with Gasteiger partial charge in [-0.1, -0.05) is 47.6 Å². The third-order valence-corrected chi connectivity index (χ3v) is 8.62. The molecule has 0 spiro atoms. The number of amides is 1. The third kappa shape index (κ3) is 6.19. The molecule has 3 N–H and O–H groups in total. The van der Waals surface area contributed by atoms with Crippen molar-refractivity contribution in [2.75, 3.05) is 19.6 Å². The number of hydrogen-bond acceptors (Lipinski definition) is 6. The SMILES string of the molecule is O=C(N[C@H]1CC=CC[C@H](NS(=O)(=O)N2CCNCC2Cc2ccccc2)C1)c1cc(C2CC2)on1. The van der Waals surface area contributed by atoms with Gasteiger partial charge >= 0.3 is 0 Å². The summed E-state index contributed by atoms with van der Waals surface area (Å²) in [4.78, 5) is 12.7. The van der Waals surface area contributed by atoms with Gasteiger partial charge in [0.25, 0.3) is 16.1 Å². The Bertz CT molecular complexity index is 1150. The summed E-state index contributed by atoms with van der Waals surface area (Å²) in [6, 6.07) is 11.0. The zero-order valence-electron chi connectivity index (χ0n) is 19.7. The van der Waals surface area contributed by atoms with Crippen molar-refractivity contribution < 1.29 is 17.7 Å². The molecule has 5 rings (SSSR count). The molecule has 9 nitrogen and oxygen atoms in total. The van der Waals surface area contributed by atoms with E-state index in [1.165, 1.54) is 0 Å². The lowest BCUT2D eigenvalue weighted by Crippen LogP contribution is -2.58. The van der Waals surface area contributed by atoms with Crippen LogP contribution in [0.25, 0.3) is 0 Å². The zero-order chi connectivity index (χ0) is 24.3. The number of benzene rings is 1. The van der Waals surface area contributed by atoms with Gasteiger partial charge in [0, 0.05) is 49.7 Å². The van der Waals surface area contributed by atoms with Crippen LogP contribution in [0.2, 0.25) is 0 Å². The number of carbonyl (C=O) groups is 1. The standard InChI is InChI=1S/C25H33N5O4S/c31-25(23-16-24(34-28-23)19-10-11-19)27-20-8-4-5-9-21(15-20)29-35(32,33)30-13-12-26-17-22(30)14-18-6-2-1-3-7-18/h1-7,16,19-22,26,29H,8-15,17H2,(H,27,31)/t20-,21-,22?/m0/s1. The van der Waals surface area contributed by atoms with Crippen molar-refractivity contribution in [1.29, 1.82) is 0 Å². The van der Waals surface area contributed by atoms with Gasteiger partial charge in [-0.3, -0.25) is 4.79 Å². The first kappa shape index (κ1) is 24.2. The molecule has 0 radical (unpaired) electrons. The van der Waals surface area contributed by atoms with Crippen molar-refractivity contribution in [2.45, 2.75) is 62.6 Å². The highest BCUT2D eigenvalue weighted by Gasteiger charge is 2.35. The molecule has 1 saturated heterocycles. The molecular weight excluding hydrogens is 466 g/mol. The maximum Gasteiger partial charge on any atom is 0.280 e. The first-order valence-corrected chi connectivity index (χ1v) is 13.9. The van der Waals surface area contributed by atoms with E-state index in [4.69, 9.17) is 4.52 Å². The highest BCUT2D eigenvalue weighted by atomic mass is 32.2. The smallest absolute Gasteiger partial charge is 0.280 e. The van der Waals surface area contributed by atoms with Crippen LogP contribution in [-0.4, -0.2) is 61.5 Å². The molecule has 2 fully saturated rings. The van der Waals surface area contributed by atoms with Crippen molar-refractivity contribution in [2.24, 2.45) is 0 Å². The lowest BCUT2D eigenvalue weighted by Gasteiger charge is -2.36. The van der Waals surface area contributed by atoms with Crippen LogP contribution < -0.4 is 15.4 Å². The summed E-state index contributed by atoms with van der Waals surface area (Å²) in [5, 5.41) is 10.3. The second-order valence-corrected chi connectivity index (χ2v) is 11.4. The fourth-order valence-corrected chi connectivity index (χ4v) is 6.51. The van der Waals surface area contributed by atoms with E-state index in [2.05, 4.69) is 20.5 Å². The maximum absolute atomic E-state index is 13.4. The van der Waals surface area contributed by atoms with E-state index >= 15 is 0 Å². The van der Waals surface area contributed by atoms with Gasteiger partial charge in [-0.2, -0.15) is 17.4 Å². The summed E-state index contributed by atoms with van der Waals surface area (Å²) >= 11 is 0. The highest BCUT2D eigenvalue weighted by molar-refractivity contribution is 7.87. The van der Waals surface area contributed by atoms with Crippen LogP contribution in [0.4, 0.5) is 0 Å². The van der Waals surface area contributed by atoms with Crippen LogP contribution in [0.1, 0.15) is 59.8 Å². The van der Waals surface area contributed by atoms with E-state index in [1.807, 2.05) is 42.5 Å². The number of hydrogen-bond donors (Lipinski definition) is 3. The van der Waals surface area contributed by atoms with Gasteiger partial charge in [0.2, 0.25) is 0 Å². The number of rotatable bonds is 8. The second-order valence-electron chi connectivity index (χ2n) is 9.72. The van der Waals surface area contributed by atoms with Crippen LogP contribution in [0.15, 0.2) is 53.1 Å². The van der Waals surface area contributed by atoms with Gasteiger partial charge in [0.1, 0.15) is 5.76 Å². The zero-order valence-corrected chi connectivity index (χ0v) is 20.5. The number of nitrogens with one attached hydrogen (secondary N) is 3. The van der Waals surface area contributed by atoms with Crippen molar-refractivity contribution in [1.82, 2.24) is 24.8 Å². The van der Waals surface area contributed by atoms with E-state index in [0.717, 1.165) is 24.2 Å². The van der Waals surface area contributed by atoms with Crippen LogP contribution in [0.3, 0.4) is 0 Å². The van der Waals surface area contributed by atoms with Gasteiger partial charge in [-0.05, 0) is 44.1 Å². The van der Waals surface area contributed by atoms with Crippen LogP contribution in [-0.2, 0) is 16.6 Å². The molecule has 10 heteroatoms. The quantitative estimate of drug-likeness (QED) is 0.479. The first-order chi connectivity index (χ1) is 17.0. The van der Waals surface area contributed by atoms with Crippen LogP contribution in [0, 0.1) is 0 Å². The van der Waals surface area contributed by atoms with Crippen molar-refractivity contribution in [3.63, 3.8) is 0 Å². The van der Waals surface area contributed by atoms with E-state index in [1.54, 1.807) is 10.4 Å². The third-order valence-electron chi connectivity index (χ3n) is 6.89. The molecule has 3 atom stereocenters. The largest absolute Gasteiger partial charge is 0.360 e. The molecule has 1 aromatic heterocycles. The van der Waals surface area contributed by atoms with Crippen molar-refractivity contribution >= 4 is 16.1 Å². The second kappa shape index (κ2) is 10.6. The number of piperazine rings is 1. The van der Waals surface area contributed by atoms with Crippen LogP contribution in [0.5, 0.6) is 0 Å². The van der Waals surface area contributed by atoms with E-state index in [9.17, 15) is 13.2 Å². The molecule has 1 unspecified atom stereocenters. The van der Waals surface area contributed by atoms with Gasteiger partial charge in [0.15, 0.2) is 5.69 Å². The molecule has 35 heavy (non-hydrogen) atoms. The summed E-state index contributed by atoms with van der Waals surface area (Å²) in [6.07, 6.45) is 8.51. The van der Waals surface area contributed by atoms with Crippen molar-refractivity contribution in [3.8, 4) is 0 Å². The Labute approximate surface area is 206 Å². The Kier molecular flexibility index (Phi) is 7.33. The van der Waals surface area contributed by atoms with Gasteiger partial charge in [0.05, 0.1) is 0 Å². The Morgan fingerprint density at radius 3 is 2.69 bits per heavy atom. The van der Waals surface area contributed by atoms with E-state index in [-0.39, 0.29) is 29.7 Å². The number of carbonyl (C=O) groups excluding carboxylic acids is 1. The molecule has 1 saturated carbocycles. The Morgan fingerprint density at radius 1 is 1.14 bits per heavy atom. The maximum atomic E-state index is 13.4. The molecular formula is C25H33N5O4S. The Morgan fingerprint density at radius 2 is 1.91 bits per heavy atom. The highest BCUT2D eigenvalue weighted by Crippen LogP contribution is 2.40. The first-order valence-electron chi connectivity index (χ1n) is 12.4. The summed E-state index contributed by atoms with van der Waals surface area (Å²) < 4.78 is 36.7. The average Bonchev–Trinajstić information content (AvgIpc) is 3.62. The van der Waals surface area contributed by atoms with Gasteiger partial charge in [-0.25, -0.2) is 0 Å². The summed E-state index contributed by atoms with van der Waals surface area (Å²) in [7, 11) is -3.70. The molecule has 188 valence electrons. The minimum Gasteiger partial charge on any atom is -0.360 e. The Balaban J connectivity index is 1.22. The lowest BCUT2D eigenvalue weighted by molar-refractivity contribution is 0.0925. The lowest BCUT2D eigenvalue weighted by atomic mass is 10.1. The van der Waals surface area contributed by atoms with Crippen molar-refractivity contribution in [3.05, 3.63) is 65.6 Å². The van der Waals surface area contributed by atoms with Gasteiger partial charge < -0.3 is 15.2 Å². The van der Waals surface area contributed by atoms with Crippen LogP contribution >= 0.6 is 0 Å². The average molecular weight is 500 g/mol.